The zero-order valence-electron chi connectivity index (χ0n) is 11.4. The van der Waals surface area contributed by atoms with Gasteiger partial charge in [0.25, 0.3) is 0 Å². The summed E-state index contributed by atoms with van der Waals surface area (Å²) in [4.78, 5) is 21.6. The van der Waals surface area contributed by atoms with Crippen LogP contribution in [0.5, 0.6) is 11.5 Å². The third-order valence-electron chi connectivity index (χ3n) is 2.38. The van der Waals surface area contributed by atoms with E-state index in [1.54, 1.807) is 6.92 Å². The van der Waals surface area contributed by atoms with Crippen LogP contribution in [0.4, 0.5) is 5.69 Å². The van der Waals surface area contributed by atoms with Crippen molar-refractivity contribution in [3.63, 3.8) is 0 Å². The summed E-state index contributed by atoms with van der Waals surface area (Å²) in [5, 5.41) is 11.0. The zero-order chi connectivity index (χ0) is 15.1. The molecule has 1 rings (SSSR count). The quantitative estimate of drug-likeness (QED) is 0.344. The zero-order valence-corrected chi connectivity index (χ0v) is 11.4. The van der Waals surface area contributed by atoms with Crippen molar-refractivity contribution in [2.45, 2.75) is 6.92 Å². The van der Waals surface area contributed by atoms with E-state index < -0.39 is 10.9 Å². The molecule has 0 radical (unpaired) electrons. The van der Waals surface area contributed by atoms with Gasteiger partial charge in [-0.05, 0) is 24.6 Å². The molecule has 0 saturated heterocycles. The molecule has 0 aliphatic rings. The van der Waals surface area contributed by atoms with E-state index in [-0.39, 0.29) is 23.8 Å². The van der Waals surface area contributed by atoms with Crippen LogP contribution in [-0.2, 0) is 9.53 Å². The number of nitrogens with zero attached hydrogens (tertiary/aromatic N) is 1. The number of hydrogen-bond acceptors (Lipinski definition) is 6. The molecule has 108 valence electrons. The molecule has 0 aliphatic carbocycles. The predicted molar refractivity (Wildman–Crippen MR) is 71.9 cm³/mol. The van der Waals surface area contributed by atoms with Crippen LogP contribution in [0.25, 0.3) is 6.08 Å². The van der Waals surface area contributed by atoms with Crippen LogP contribution in [0.1, 0.15) is 12.5 Å². The number of benzene rings is 1. The molecule has 0 aliphatic heterocycles. The molecule has 0 spiro atoms. The number of rotatable bonds is 6. The van der Waals surface area contributed by atoms with Gasteiger partial charge in [-0.15, -0.1) is 0 Å². The van der Waals surface area contributed by atoms with Crippen molar-refractivity contribution in [2.24, 2.45) is 0 Å². The fourth-order valence-electron chi connectivity index (χ4n) is 1.55. The summed E-state index contributed by atoms with van der Waals surface area (Å²) in [5.74, 6) is -0.277. The number of hydrogen-bond donors (Lipinski definition) is 0. The molecule has 0 bridgehead atoms. The van der Waals surface area contributed by atoms with E-state index in [4.69, 9.17) is 14.2 Å². The number of methoxy groups -OCH3 is 2. The predicted octanol–water partition coefficient (Wildman–Crippen LogP) is 2.19. The van der Waals surface area contributed by atoms with E-state index in [0.717, 1.165) is 0 Å². The Labute approximate surface area is 115 Å². The molecule has 7 nitrogen and oxygen atoms in total. The molecule has 0 atom stereocenters. The fraction of sp³-hybridized carbons (Fsp3) is 0.308. The Morgan fingerprint density at radius 3 is 2.55 bits per heavy atom. The normalized spacial score (nSPS) is 10.3. The van der Waals surface area contributed by atoms with Gasteiger partial charge in [-0.1, -0.05) is 0 Å². The third kappa shape index (κ3) is 3.71. The van der Waals surface area contributed by atoms with Gasteiger partial charge in [0.15, 0.2) is 5.75 Å². The highest BCUT2D eigenvalue weighted by atomic mass is 16.6. The minimum atomic E-state index is -0.580. The topological polar surface area (TPSA) is 87.9 Å². The van der Waals surface area contributed by atoms with Crippen molar-refractivity contribution < 1.29 is 23.9 Å². The first kappa shape index (κ1) is 15.5. The summed E-state index contributed by atoms with van der Waals surface area (Å²) in [6.07, 6.45) is 2.60. The number of nitro groups is 1. The lowest BCUT2D eigenvalue weighted by molar-refractivity contribution is -0.385. The summed E-state index contributed by atoms with van der Waals surface area (Å²) in [5.41, 5.74) is 0.192. The van der Waals surface area contributed by atoms with Gasteiger partial charge in [0.2, 0.25) is 5.75 Å². The first-order valence-corrected chi connectivity index (χ1v) is 5.78. The Morgan fingerprint density at radius 1 is 1.35 bits per heavy atom. The van der Waals surface area contributed by atoms with Crippen molar-refractivity contribution >= 4 is 17.7 Å². The lowest BCUT2D eigenvalue weighted by atomic mass is 10.1. The molecule has 0 aromatic heterocycles. The van der Waals surface area contributed by atoms with Crippen LogP contribution in [0, 0.1) is 10.1 Å². The maximum Gasteiger partial charge on any atom is 0.330 e. The third-order valence-corrected chi connectivity index (χ3v) is 2.38. The van der Waals surface area contributed by atoms with Gasteiger partial charge < -0.3 is 14.2 Å². The minimum absolute atomic E-state index is 0.0331. The van der Waals surface area contributed by atoms with Crippen LogP contribution < -0.4 is 9.47 Å². The van der Waals surface area contributed by atoms with Gasteiger partial charge in [0, 0.05) is 12.1 Å². The number of esters is 1. The highest BCUT2D eigenvalue weighted by molar-refractivity contribution is 5.87. The SMILES string of the molecule is CCOC(=O)C=Cc1cc(OC)c(OC)c([N+](=O)[O-])c1. The summed E-state index contributed by atoms with van der Waals surface area (Å²) >= 11 is 0. The average Bonchev–Trinajstić information content (AvgIpc) is 2.44. The van der Waals surface area contributed by atoms with E-state index in [1.807, 2.05) is 0 Å². The molecule has 0 N–H and O–H groups in total. The Kier molecular flexibility index (Phi) is 5.52. The van der Waals surface area contributed by atoms with Crippen LogP contribution >= 0.6 is 0 Å². The number of carbonyl (C=O) groups excluding carboxylic acids is 1. The van der Waals surface area contributed by atoms with Gasteiger partial charge in [-0.2, -0.15) is 0 Å². The Bertz CT molecular complexity index is 538. The Morgan fingerprint density at radius 2 is 2.05 bits per heavy atom. The highest BCUT2D eigenvalue weighted by Gasteiger charge is 2.20. The van der Waals surface area contributed by atoms with Crippen LogP contribution in [0.2, 0.25) is 0 Å². The monoisotopic (exact) mass is 281 g/mol. The van der Waals surface area contributed by atoms with Crippen LogP contribution in [0.15, 0.2) is 18.2 Å². The molecule has 7 heteroatoms. The summed E-state index contributed by atoms with van der Waals surface area (Å²) in [6, 6.07) is 2.82. The van der Waals surface area contributed by atoms with E-state index in [2.05, 4.69) is 0 Å². The smallest absolute Gasteiger partial charge is 0.330 e. The lowest BCUT2D eigenvalue weighted by Gasteiger charge is -2.08. The lowest BCUT2D eigenvalue weighted by Crippen LogP contribution is -1.99. The molecule has 1 aromatic carbocycles. The van der Waals surface area contributed by atoms with E-state index in [9.17, 15) is 14.9 Å². The highest BCUT2D eigenvalue weighted by Crippen LogP contribution is 2.38. The molecule has 0 unspecified atom stereocenters. The Hall–Kier alpha value is -2.57. The second-order valence-electron chi connectivity index (χ2n) is 3.62. The molecule has 0 saturated carbocycles. The first-order valence-electron chi connectivity index (χ1n) is 5.78. The second kappa shape index (κ2) is 7.13. The molecular weight excluding hydrogens is 266 g/mol. The molecule has 20 heavy (non-hydrogen) atoms. The molecular formula is C13H15NO6. The van der Waals surface area contributed by atoms with Crippen LogP contribution in [0.3, 0.4) is 0 Å². The average molecular weight is 281 g/mol. The number of nitro benzene ring substituents is 1. The van der Waals surface area contributed by atoms with Gasteiger partial charge >= 0.3 is 11.7 Å². The minimum Gasteiger partial charge on any atom is -0.493 e. The number of ether oxygens (including phenoxy) is 3. The van der Waals surface area contributed by atoms with Crippen LogP contribution in [-0.4, -0.2) is 31.7 Å². The van der Waals surface area contributed by atoms with Crippen molar-refractivity contribution in [3.8, 4) is 11.5 Å². The van der Waals surface area contributed by atoms with E-state index in [1.165, 1.54) is 38.5 Å². The van der Waals surface area contributed by atoms with Crippen molar-refractivity contribution in [1.82, 2.24) is 0 Å². The maximum absolute atomic E-state index is 11.2. The first-order chi connectivity index (χ1) is 9.53. The van der Waals surface area contributed by atoms with E-state index in [0.29, 0.717) is 5.56 Å². The molecule has 0 amide bonds. The second-order valence-corrected chi connectivity index (χ2v) is 3.62. The number of carbonyl (C=O) groups is 1. The Balaban J connectivity index is 3.19. The van der Waals surface area contributed by atoms with Gasteiger partial charge in [0.1, 0.15) is 0 Å². The largest absolute Gasteiger partial charge is 0.493 e. The fourth-order valence-corrected chi connectivity index (χ4v) is 1.55. The van der Waals surface area contributed by atoms with Gasteiger partial charge in [0.05, 0.1) is 25.7 Å². The van der Waals surface area contributed by atoms with Crippen molar-refractivity contribution in [1.29, 1.82) is 0 Å². The summed E-state index contributed by atoms with van der Waals surface area (Å²) in [7, 11) is 2.69. The molecule has 1 aromatic rings. The summed E-state index contributed by atoms with van der Waals surface area (Å²) in [6.45, 7) is 1.95. The standard InChI is InChI=1S/C13H15NO6/c1-4-20-12(15)6-5-9-7-10(14(16)17)13(19-3)11(8-9)18-2/h5-8H,4H2,1-3H3. The molecule has 0 heterocycles. The summed E-state index contributed by atoms with van der Waals surface area (Å²) < 4.78 is 14.7. The molecule has 0 fully saturated rings. The maximum atomic E-state index is 11.2. The van der Waals surface area contributed by atoms with E-state index >= 15 is 0 Å². The van der Waals surface area contributed by atoms with Crippen molar-refractivity contribution in [3.05, 3.63) is 33.9 Å². The van der Waals surface area contributed by atoms with Gasteiger partial charge in [-0.3, -0.25) is 10.1 Å². The van der Waals surface area contributed by atoms with Gasteiger partial charge in [-0.25, -0.2) is 4.79 Å². The van der Waals surface area contributed by atoms with Crippen molar-refractivity contribution in [2.75, 3.05) is 20.8 Å².